The molecule has 1 aliphatic rings. The summed E-state index contributed by atoms with van der Waals surface area (Å²) >= 11 is 1.45. The van der Waals surface area contributed by atoms with Crippen molar-refractivity contribution in [2.24, 2.45) is 0 Å². The first-order valence-electron chi connectivity index (χ1n) is 9.62. The molecule has 0 fully saturated rings. The van der Waals surface area contributed by atoms with Crippen LogP contribution in [0.25, 0.3) is 22.3 Å². The summed E-state index contributed by atoms with van der Waals surface area (Å²) in [4.78, 5) is 26.9. The molecule has 4 aromatic rings. The van der Waals surface area contributed by atoms with Crippen molar-refractivity contribution in [1.29, 1.82) is 0 Å². The normalized spacial score (nSPS) is 16.0. The Morgan fingerprint density at radius 3 is 3.00 bits per heavy atom. The van der Waals surface area contributed by atoms with Gasteiger partial charge in [0, 0.05) is 10.4 Å². The average molecular weight is 404 g/mol. The van der Waals surface area contributed by atoms with E-state index in [1.807, 2.05) is 13.8 Å². The minimum absolute atomic E-state index is 0.00385. The average Bonchev–Trinajstić information content (AvgIpc) is 3.34. The number of hydrogen-bond donors (Lipinski definition) is 2. The van der Waals surface area contributed by atoms with Gasteiger partial charge in [-0.05, 0) is 50.3 Å². The number of benzene rings is 1. The van der Waals surface area contributed by atoms with Crippen LogP contribution in [-0.2, 0) is 6.42 Å². The number of nitrogens with one attached hydrogen (secondary N) is 2. The number of aryl methyl sites for hydroxylation is 3. The molecule has 1 unspecified atom stereocenters. The van der Waals surface area contributed by atoms with Crippen LogP contribution < -0.4 is 5.32 Å². The molecule has 3 heterocycles. The monoisotopic (exact) mass is 404 g/mol. The van der Waals surface area contributed by atoms with Crippen LogP contribution in [0.1, 0.15) is 50.4 Å². The van der Waals surface area contributed by atoms with Gasteiger partial charge in [0.2, 0.25) is 0 Å². The molecule has 1 amide bonds. The molecule has 0 bridgehead atoms. The van der Waals surface area contributed by atoms with Crippen LogP contribution in [0, 0.1) is 13.8 Å². The van der Waals surface area contributed by atoms with Gasteiger partial charge in [0.1, 0.15) is 6.33 Å². The standard InChI is InChI=1S/C21H20N6OS/c1-11-12(2)29-21(25-11)20(28)26-17-5-3-4-13-8-14(6-7-15(13)17)18-16-9-24-27-19(16)23-10-22-18/h6-10,17H,3-5H2,1-2H3,(H,26,28)(H,22,23,24,27). The van der Waals surface area contributed by atoms with Gasteiger partial charge in [-0.2, -0.15) is 5.10 Å². The molecule has 146 valence electrons. The number of rotatable bonds is 3. The zero-order chi connectivity index (χ0) is 20.0. The number of fused-ring (bicyclic) bond motifs is 2. The van der Waals surface area contributed by atoms with Gasteiger partial charge in [-0.1, -0.05) is 12.1 Å². The van der Waals surface area contributed by atoms with Crippen molar-refractivity contribution in [2.75, 3.05) is 0 Å². The highest BCUT2D eigenvalue weighted by atomic mass is 32.1. The van der Waals surface area contributed by atoms with E-state index in [0.29, 0.717) is 5.01 Å². The van der Waals surface area contributed by atoms with E-state index in [1.54, 1.807) is 12.5 Å². The van der Waals surface area contributed by atoms with Crippen molar-refractivity contribution in [2.45, 2.75) is 39.2 Å². The Morgan fingerprint density at radius 2 is 2.17 bits per heavy atom. The van der Waals surface area contributed by atoms with Crippen LogP contribution in [-0.4, -0.2) is 31.1 Å². The Kier molecular flexibility index (Phi) is 4.35. The lowest BCUT2D eigenvalue weighted by atomic mass is 9.86. The van der Waals surface area contributed by atoms with Gasteiger partial charge in [0.25, 0.3) is 5.91 Å². The lowest BCUT2D eigenvalue weighted by Gasteiger charge is -2.26. The van der Waals surface area contributed by atoms with Gasteiger partial charge in [-0.25, -0.2) is 15.0 Å². The first-order valence-corrected chi connectivity index (χ1v) is 10.4. The van der Waals surface area contributed by atoms with E-state index in [4.69, 9.17) is 0 Å². The fourth-order valence-electron chi connectivity index (χ4n) is 3.90. The molecular weight excluding hydrogens is 384 g/mol. The molecular formula is C21H20N6OS. The zero-order valence-electron chi connectivity index (χ0n) is 16.2. The number of thiazole rings is 1. The van der Waals surface area contributed by atoms with Crippen molar-refractivity contribution in [3.05, 3.63) is 57.4 Å². The van der Waals surface area contributed by atoms with Crippen LogP contribution >= 0.6 is 11.3 Å². The molecule has 8 heteroatoms. The number of carbonyl (C=O) groups is 1. The molecule has 29 heavy (non-hydrogen) atoms. The fraction of sp³-hybridized carbons (Fsp3) is 0.286. The van der Waals surface area contributed by atoms with Crippen LogP contribution in [0.3, 0.4) is 0 Å². The van der Waals surface area contributed by atoms with Crippen LogP contribution in [0.15, 0.2) is 30.7 Å². The van der Waals surface area contributed by atoms with E-state index in [1.165, 1.54) is 22.5 Å². The highest BCUT2D eigenvalue weighted by Crippen LogP contribution is 2.34. The summed E-state index contributed by atoms with van der Waals surface area (Å²) in [6.45, 7) is 3.93. The molecule has 1 aliphatic carbocycles. The second-order valence-corrected chi connectivity index (χ2v) is 8.55. The first kappa shape index (κ1) is 17.9. The van der Waals surface area contributed by atoms with Gasteiger partial charge < -0.3 is 5.32 Å². The predicted molar refractivity (Wildman–Crippen MR) is 112 cm³/mol. The van der Waals surface area contributed by atoms with Gasteiger partial charge >= 0.3 is 0 Å². The van der Waals surface area contributed by atoms with Gasteiger partial charge in [-0.3, -0.25) is 9.89 Å². The van der Waals surface area contributed by atoms with E-state index in [0.717, 1.165) is 52.1 Å². The summed E-state index contributed by atoms with van der Waals surface area (Å²) in [6.07, 6.45) is 6.26. The SMILES string of the molecule is Cc1nc(C(=O)NC2CCCc3cc(-c4ncnc5[nH]ncc45)ccc32)sc1C. The zero-order valence-corrected chi connectivity index (χ0v) is 17.0. The molecule has 7 nitrogen and oxygen atoms in total. The molecule has 0 saturated heterocycles. The molecule has 2 N–H and O–H groups in total. The van der Waals surface area contributed by atoms with E-state index < -0.39 is 0 Å². The van der Waals surface area contributed by atoms with Crippen molar-refractivity contribution in [1.82, 2.24) is 30.5 Å². The van der Waals surface area contributed by atoms with Gasteiger partial charge in [-0.15, -0.1) is 11.3 Å². The maximum absolute atomic E-state index is 12.7. The van der Waals surface area contributed by atoms with Gasteiger partial charge in [0.15, 0.2) is 10.7 Å². The topological polar surface area (TPSA) is 96.5 Å². The molecule has 0 aliphatic heterocycles. The Bertz CT molecular complexity index is 1210. The minimum Gasteiger partial charge on any atom is -0.343 e. The third-order valence-electron chi connectivity index (χ3n) is 5.51. The number of nitrogens with zero attached hydrogens (tertiary/aromatic N) is 4. The number of hydrogen-bond acceptors (Lipinski definition) is 6. The summed E-state index contributed by atoms with van der Waals surface area (Å²) in [6, 6.07) is 6.36. The smallest absolute Gasteiger partial charge is 0.280 e. The minimum atomic E-state index is -0.0935. The summed E-state index contributed by atoms with van der Waals surface area (Å²) in [5.41, 5.74) is 5.98. The highest BCUT2D eigenvalue weighted by molar-refractivity contribution is 7.13. The van der Waals surface area contributed by atoms with Crippen molar-refractivity contribution < 1.29 is 4.79 Å². The number of H-pyrrole nitrogens is 1. The number of carbonyl (C=O) groups excluding carboxylic acids is 1. The van der Waals surface area contributed by atoms with E-state index in [-0.39, 0.29) is 11.9 Å². The van der Waals surface area contributed by atoms with Crippen molar-refractivity contribution in [3.8, 4) is 11.3 Å². The second-order valence-electron chi connectivity index (χ2n) is 7.35. The summed E-state index contributed by atoms with van der Waals surface area (Å²) in [5, 5.41) is 11.6. The maximum Gasteiger partial charge on any atom is 0.280 e. The first-order chi connectivity index (χ1) is 14.1. The molecule has 1 atom stereocenters. The molecule has 0 spiro atoms. The molecule has 0 saturated carbocycles. The lowest BCUT2D eigenvalue weighted by molar-refractivity contribution is 0.0932. The Hall–Kier alpha value is -3.13. The Balaban J connectivity index is 1.45. The third-order valence-corrected chi connectivity index (χ3v) is 6.58. The second kappa shape index (κ2) is 7.04. The summed E-state index contributed by atoms with van der Waals surface area (Å²) in [7, 11) is 0. The Morgan fingerprint density at radius 1 is 1.28 bits per heavy atom. The van der Waals surface area contributed by atoms with E-state index in [9.17, 15) is 4.79 Å². The van der Waals surface area contributed by atoms with Gasteiger partial charge in [0.05, 0.1) is 29.0 Å². The molecule has 1 aromatic carbocycles. The molecule has 5 rings (SSSR count). The maximum atomic E-state index is 12.7. The summed E-state index contributed by atoms with van der Waals surface area (Å²) in [5.74, 6) is -0.0935. The molecule has 0 radical (unpaired) electrons. The van der Waals surface area contributed by atoms with Crippen molar-refractivity contribution >= 4 is 28.3 Å². The van der Waals surface area contributed by atoms with E-state index in [2.05, 4.69) is 48.7 Å². The third kappa shape index (κ3) is 3.19. The number of aromatic amines is 1. The van der Waals surface area contributed by atoms with Crippen LogP contribution in [0.4, 0.5) is 0 Å². The van der Waals surface area contributed by atoms with Crippen LogP contribution in [0.2, 0.25) is 0 Å². The lowest BCUT2D eigenvalue weighted by Crippen LogP contribution is -2.31. The van der Waals surface area contributed by atoms with Crippen molar-refractivity contribution in [3.63, 3.8) is 0 Å². The fourth-order valence-corrected chi connectivity index (χ4v) is 4.71. The largest absolute Gasteiger partial charge is 0.343 e. The number of aromatic nitrogens is 5. The molecule has 3 aromatic heterocycles. The highest BCUT2D eigenvalue weighted by Gasteiger charge is 2.24. The summed E-state index contributed by atoms with van der Waals surface area (Å²) < 4.78 is 0. The van der Waals surface area contributed by atoms with Crippen LogP contribution in [0.5, 0.6) is 0 Å². The Labute approximate surface area is 171 Å². The quantitative estimate of drug-likeness (QED) is 0.540. The number of amides is 1. The van der Waals surface area contributed by atoms with E-state index >= 15 is 0 Å². The predicted octanol–water partition coefficient (Wildman–Crippen LogP) is 3.90.